The van der Waals surface area contributed by atoms with Gasteiger partial charge in [0.15, 0.2) is 5.78 Å². The summed E-state index contributed by atoms with van der Waals surface area (Å²) in [5.41, 5.74) is 0.573. The van der Waals surface area contributed by atoms with E-state index < -0.39 is 11.9 Å². The number of ketones is 2. The molecule has 114 valence electrons. The number of carbonyl (C=O) groups excluding carboxylic acids is 2. The quantitative estimate of drug-likeness (QED) is 0.746. The molecule has 0 saturated carbocycles. The highest BCUT2D eigenvalue weighted by Crippen LogP contribution is 2.04. The lowest BCUT2D eigenvalue weighted by Crippen LogP contribution is -2.03. The summed E-state index contributed by atoms with van der Waals surface area (Å²) < 4.78 is 0. The van der Waals surface area contributed by atoms with Crippen molar-refractivity contribution < 1.29 is 29.4 Å². The molecule has 0 radical (unpaired) electrons. The average molecular weight is 294 g/mol. The van der Waals surface area contributed by atoms with Crippen LogP contribution in [0.5, 0.6) is 0 Å². The topological polar surface area (TPSA) is 109 Å². The van der Waals surface area contributed by atoms with E-state index >= 15 is 0 Å². The predicted octanol–water partition coefficient (Wildman–Crippen LogP) is 2.17. The van der Waals surface area contributed by atoms with E-state index in [-0.39, 0.29) is 37.2 Å². The highest BCUT2D eigenvalue weighted by atomic mass is 16.4. The van der Waals surface area contributed by atoms with E-state index in [4.69, 9.17) is 10.2 Å². The number of carbonyl (C=O) groups is 4. The molecule has 0 aliphatic heterocycles. The van der Waals surface area contributed by atoms with Crippen LogP contribution >= 0.6 is 0 Å². The van der Waals surface area contributed by atoms with Crippen LogP contribution in [0.4, 0.5) is 0 Å². The molecular formula is C15H18O6. The fourth-order valence-electron chi connectivity index (χ4n) is 1.27. The lowest BCUT2D eigenvalue weighted by molar-refractivity contribution is -0.138. The van der Waals surface area contributed by atoms with Gasteiger partial charge in [-0.15, -0.1) is 0 Å². The predicted molar refractivity (Wildman–Crippen MR) is 75.2 cm³/mol. The molecule has 0 heterocycles. The van der Waals surface area contributed by atoms with E-state index in [1.165, 1.54) is 6.92 Å². The third-order valence-corrected chi connectivity index (χ3v) is 2.35. The fraction of sp³-hybridized carbons (Fsp3) is 0.333. The number of Topliss-reactive ketones (excluding diaryl/α,β-unsaturated/α-hetero) is 2. The van der Waals surface area contributed by atoms with Crippen molar-refractivity contribution in [3.05, 3.63) is 35.9 Å². The molecule has 0 amide bonds. The smallest absolute Gasteiger partial charge is 0.303 e. The van der Waals surface area contributed by atoms with Crippen LogP contribution < -0.4 is 0 Å². The van der Waals surface area contributed by atoms with Crippen LogP contribution in [0.1, 0.15) is 43.0 Å². The van der Waals surface area contributed by atoms with Gasteiger partial charge in [0, 0.05) is 18.4 Å². The monoisotopic (exact) mass is 294 g/mol. The molecule has 1 aromatic rings. The van der Waals surface area contributed by atoms with E-state index in [2.05, 4.69) is 0 Å². The first-order chi connectivity index (χ1) is 9.82. The van der Waals surface area contributed by atoms with E-state index in [0.717, 1.165) is 0 Å². The van der Waals surface area contributed by atoms with Crippen LogP contribution in [0.25, 0.3) is 0 Å². The van der Waals surface area contributed by atoms with Gasteiger partial charge in [-0.25, -0.2) is 0 Å². The number of hydrogen-bond donors (Lipinski definition) is 2. The molecule has 1 aromatic carbocycles. The molecule has 0 aliphatic rings. The minimum Gasteiger partial charge on any atom is -0.481 e. The Morgan fingerprint density at radius 3 is 1.67 bits per heavy atom. The van der Waals surface area contributed by atoms with Crippen LogP contribution in [0.2, 0.25) is 0 Å². The van der Waals surface area contributed by atoms with Gasteiger partial charge in [0.1, 0.15) is 5.78 Å². The second kappa shape index (κ2) is 10.3. The molecular weight excluding hydrogens is 276 g/mol. The van der Waals surface area contributed by atoms with Gasteiger partial charge in [0.2, 0.25) is 0 Å². The molecule has 0 aromatic heterocycles. The zero-order chi connectivity index (χ0) is 16.3. The van der Waals surface area contributed by atoms with Crippen molar-refractivity contribution in [3.8, 4) is 0 Å². The minimum absolute atomic E-state index is 0.0463. The molecule has 0 saturated heterocycles. The van der Waals surface area contributed by atoms with Crippen molar-refractivity contribution in [1.82, 2.24) is 0 Å². The Morgan fingerprint density at radius 2 is 1.29 bits per heavy atom. The molecule has 1 rings (SSSR count). The van der Waals surface area contributed by atoms with Crippen molar-refractivity contribution in [2.24, 2.45) is 0 Å². The average Bonchev–Trinajstić information content (AvgIpc) is 2.44. The van der Waals surface area contributed by atoms with E-state index in [0.29, 0.717) is 5.56 Å². The minimum atomic E-state index is -0.940. The van der Waals surface area contributed by atoms with E-state index in [9.17, 15) is 19.2 Å². The maximum atomic E-state index is 11.3. The first-order valence-electron chi connectivity index (χ1n) is 6.34. The van der Waals surface area contributed by atoms with E-state index in [1.807, 2.05) is 6.07 Å². The maximum Gasteiger partial charge on any atom is 0.303 e. The molecule has 6 nitrogen and oxygen atoms in total. The van der Waals surface area contributed by atoms with Gasteiger partial charge in [-0.2, -0.15) is 0 Å². The molecule has 0 unspecified atom stereocenters. The first-order valence-corrected chi connectivity index (χ1v) is 6.34. The van der Waals surface area contributed by atoms with Crippen molar-refractivity contribution in [2.45, 2.75) is 32.6 Å². The summed E-state index contributed by atoms with van der Waals surface area (Å²) in [7, 11) is 0. The maximum absolute atomic E-state index is 11.3. The van der Waals surface area contributed by atoms with Crippen molar-refractivity contribution in [2.75, 3.05) is 0 Å². The van der Waals surface area contributed by atoms with Crippen LogP contribution in [0.15, 0.2) is 30.3 Å². The summed E-state index contributed by atoms with van der Waals surface area (Å²) in [6.45, 7) is 1.38. The van der Waals surface area contributed by atoms with Crippen molar-refractivity contribution in [3.63, 3.8) is 0 Å². The standard InChI is InChI=1S/C10H10O3.C5H8O3/c11-9(6-7-10(12)13)8-4-2-1-3-5-8;1-4(6)2-3-5(7)8/h1-5H,6-7H2,(H,12,13);2-3H2,1H3,(H,7,8). The molecule has 2 N–H and O–H groups in total. The van der Waals surface area contributed by atoms with E-state index in [1.54, 1.807) is 24.3 Å². The number of rotatable bonds is 7. The van der Waals surface area contributed by atoms with Gasteiger partial charge < -0.3 is 15.0 Å². The fourth-order valence-corrected chi connectivity index (χ4v) is 1.27. The summed E-state index contributed by atoms with van der Waals surface area (Å²) in [6, 6.07) is 8.70. The normalized spacial score (nSPS) is 9.19. The molecule has 0 bridgehead atoms. The Balaban J connectivity index is 0.000000433. The second-order valence-electron chi connectivity index (χ2n) is 4.28. The second-order valence-corrected chi connectivity index (χ2v) is 4.28. The highest BCUT2D eigenvalue weighted by Gasteiger charge is 2.06. The number of aliphatic carboxylic acids is 2. The summed E-state index contributed by atoms with van der Waals surface area (Å²) in [5.74, 6) is -2.06. The van der Waals surface area contributed by atoms with Crippen LogP contribution in [0.3, 0.4) is 0 Å². The van der Waals surface area contributed by atoms with Crippen molar-refractivity contribution >= 4 is 23.5 Å². The van der Waals surface area contributed by atoms with Crippen LogP contribution in [-0.2, 0) is 14.4 Å². The third-order valence-electron chi connectivity index (χ3n) is 2.35. The molecule has 6 heteroatoms. The summed E-state index contributed by atoms with van der Waals surface area (Å²) >= 11 is 0. The Hall–Kier alpha value is -2.50. The Kier molecular flexibility index (Phi) is 9.08. The molecule has 0 atom stereocenters. The third kappa shape index (κ3) is 11.1. The lowest BCUT2D eigenvalue weighted by Gasteiger charge is -1.97. The van der Waals surface area contributed by atoms with Gasteiger partial charge in [0.25, 0.3) is 0 Å². The number of carboxylic acids is 2. The first kappa shape index (κ1) is 18.5. The van der Waals surface area contributed by atoms with Gasteiger partial charge in [-0.05, 0) is 6.92 Å². The SMILES string of the molecule is CC(=O)CCC(=O)O.O=C(O)CCC(=O)c1ccccc1. The van der Waals surface area contributed by atoms with Gasteiger partial charge >= 0.3 is 11.9 Å². The molecule has 0 aliphatic carbocycles. The summed E-state index contributed by atoms with van der Waals surface area (Å²) in [4.78, 5) is 41.3. The highest BCUT2D eigenvalue weighted by molar-refractivity contribution is 5.97. The number of hydrogen-bond acceptors (Lipinski definition) is 4. The molecule has 0 fully saturated rings. The molecule has 0 spiro atoms. The van der Waals surface area contributed by atoms with Gasteiger partial charge in [0.05, 0.1) is 12.8 Å². The Bertz CT molecular complexity index is 478. The van der Waals surface area contributed by atoms with Gasteiger partial charge in [-0.1, -0.05) is 30.3 Å². The lowest BCUT2D eigenvalue weighted by atomic mass is 10.1. The Labute approximate surface area is 122 Å². The largest absolute Gasteiger partial charge is 0.481 e. The zero-order valence-corrected chi connectivity index (χ0v) is 11.7. The van der Waals surface area contributed by atoms with Crippen molar-refractivity contribution in [1.29, 1.82) is 0 Å². The number of carboxylic acid groups (broad SMARTS) is 2. The summed E-state index contributed by atoms with van der Waals surface area (Å²) in [5, 5.41) is 16.4. The number of benzene rings is 1. The zero-order valence-electron chi connectivity index (χ0n) is 11.7. The van der Waals surface area contributed by atoms with Crippen LogP contribution in [0, 0.1) is 0 Å². The van der Waals surface area contributed by atoms with Gasteiger partial charge in [-0.3, -0.25) is 14.4 Å². The van der Waals surface area contributed by atoms with Crippen LogP contribution in [-0.4, -0.2) is 33.7 Å². The Morgan fingerprint density at radius 1 is 0.810 bits per heavy atom. The summed E-state index contributed by atoms with van der Waals surface area (Å²) in [6.07, 6.45) is 0.0672. The molecule has 21 heavy (non-hydrogen) atoms.